The van der Waals surface area contributed by atoms with Crippen molar-refractivity contribution in [3.05, 3.63) is 59.2 Å². The highest BCUT2D eigenvalue weighted by atomic mass is 16.5. The number of aryl methyl sites for hydroxylation is 3. The van der Waals surface area contributed by atoms with E-state index in [4.69, 9.17) is 4.74 Å². The number of benzene rings is 2. The van der Waals surface area contributed by atoms with Crippen LogP contribution in [0.1, 0.15) is 36.5 Å². The van der Waals surface area contributed by atoms with Crippen LogP contribution in [0, 0.1) is 6.92 Å². The van der Waals surface area contributed by atoms with Crippen LogP contribution in [0.2, 0.25) is 0 Å². The van der Waals surface area contributed by atoms with E-state index >= 15 is 0 Å². The zero-order valence-corrected chi connectivity index (χ0v) is 15.0. The highest BCUT2D eigenvalue weighted by molar-refractivity contribution is 5.41. The summed E-state index contributed by atoms with van der Waals surface area (Å²) in [7, 11) is 1.58. The zero-order chi connectivity index (χ0) is 17.4. The van der Waals surface area contributed by atoms with Crippen LogP contribution < -0.4 is 10.1 Å². The second-order valence-corrected chi connectivity index (χ2v) is 6.49. The first-order chi connectivity index (χ1) is 11.6. The molecule has 0 fully saturated rings. The molecule has 2 aromatic carbocycles. The van der Waals surface area contributed by atoms with Gasteiger partial charge in [-0.15, -0.1) is 0 Å². The fourth-order valence-corrected chi connectivity index (χ4v) is 2.87. The lowest BCUT2D eigenvalue weighted by atomic mass is 10.0. The fourth-order valence-electron chi connectivity index (χ4n) is 2.87. The minimum atomic E-state index is 0.198. The third-order valence-electron chi connectivity index (χ3n) is 4.33. The summed E-state index contributed by atoms with van der Waals surface area (Å²) in [5, 5.41) is 13.2. The molecule has 1 atom stereocenters. The average Bonchev–Trinajstić information content (AvgIpc) is 2.58. The standard InChI is InChI=1S/C21H29NO2/c1-16-6-4-7-18(14-16)8-5-13-22-17(2)9-10-19-11-12-20(23)21(15-19)24-3/h4,6-7,11-12,14-15,17,22-23H,5,8-10,13H2,1-3H3. The Labute approximate surface area is 145 Å². The van der Waals surface area contributed by atoms with Gasteiger partial charge in [0.05, 0.1) is 7.11 Å². The first-order valence-electron chi connectivity index (χ1n) is 8.73. The van der Waals surface area contributed by atoms with Gasteiger partial charge in [0.1, 0.15) is 0 Å². The molecule has 130 valence electrons. The van der Waals surface area contributed by atoms with Gasteiger partial charge in [0.25, 0.3) is 0 Å². The summed E-state index contributed by atoms with van der Waals surface area (Å²) >= 11 is 0. The van der Waals surface area contributed by atoms with Crippen molar-refractivity contribution in [2.45, 2.75) is 45.6 Å². The highest BCUT2D eigenvalue weighted by Crippen LogP contribution is 2.26. The summed E-state index contributed by atoms with van der Waals surface area (Å²) in [6.07, 6.45) is 4.32. The van der Waals surface area contributed by atoms with E-state index in [1.54, 1.807) is 13.2 Å². The Hall–Kier alpha value is -2.00. The minimum absolute atomic E-state index is 0.198. The Morgan fingerprint density at radius 1 is 1.08 bits per heavy atom. The smallest absolute Gasteiger partial charge is 0.160 e. The summed E-state index contributed by atoms with van der Waals surface area (Å²) in [5.74, 6) is 0.745. The van der Waals surface area contributed by atoms with Crippen molar-refractivity contribution in [3.63, 3.8) is 0 Å². The second kappa shape index (κ2) is 9.33. The second-order valence-electron chi connectivity index (χ2n) is 6.49. The zero-order valence-electron chi connectivity index (χ0n) is 15.0. The molecule has 3 nitrogen and oxygen atoms in total. The van der Waals surface area contributed by atoms with Gasteiger partial charge in [0, 0.05) is 6.04 Å². The van der Waals surface area contributed by atoms with Crippen molar-refractivity contribution in [1.82, 2.24) is 5.32 Å². The van der Waals surface area contributed by atoms with E-state index in [9.17, 15) is 5.11 Å². The van der Waals surface area contributed by atoms with E-state index in [2.05, 4.69) is 43.4 Å². The molecular formula is C21H29NO2. The molecule has 0 radical (unpaired) electrons. The number of ether oxygens (including phenoxy) is 1. The van der Waals surface area contributed by atoms with Crippen LogP contribution in [0.5, 0.6) is 11.5 Å². The van der Waals surface area contributed by atoms with Crippen molar-refractivity contribution in [1.29, 1.82) is 0 Å². The molecule has 0 heterocycles. The summed E-state index contributed by atoms with van der Waals surface area (Å²) < 4.78 is 5.16. The van der Waals surface area contributed by atoms with Gasteiger partial charge in [0.15, 0.2) is 11.5 Å². The van der Waals surface area contributed by atoms with Crippen LogP contribution in [0.4, 0.5) is 0 Å². The van der Waals surface area contributed by atoms with Crippen LogP contribution in [-0.2, 0) is 12.8 Å². The number of methoxy groups -OCH3 is 1. The van der Waals surface area contributed by atoms with Crippen molar-refractivity contribution in [3.8, 4) is 11.5 Å². The van der Waals surface area contributed by atoms with E-state index < -0.39 is 0 Å². The van der Waals surface area contributed by atoms with Gasteiger partial charge in [-0.2, -0.15) is 0 Å². The van der Waals surface area contributed by atoms with E-state index in [0.29, 0.717) is 11.8 Å². The quantitative estimate of drug-likeness (QED) is 0.676. The third-order valence-corrected chi connectivity index (χ3v) is 4.33. The predicted molar refractivity (Wildman–Crippen MR) is 99.9 cm³/mol. The van der Waals surface area contributed by atoms with Gasteiger partial charge in [0.2, 0.25) is 0 Å². The molecule has 0 aliphatic carbocycles. The molecule has 2 N–H and O–H groups in total. The van der Waals surface area contributed by atoms with Gasteiger partial charge in [-0.25, -0.2) is 0 Å². The van der Waals surface area contributed by atoms with Crippen LogP contribution in [0.15, 0.2) is 42.5 Å². The maximum absolute atomic E-state index is 9.63. The maximum Gasteiger partial charge on any atom is 0.160 e. The van der Waals surface area contributed by atoms with Gasteiger partial charge < -0.3 is 15.2 Å². The van der Waals surface area contributed by atoms with Crippen LogP contribution in [0.3, 0.4) is 0 Å². The lowest BCUT2D eigenvalue weighted by molar-refractivity contribution is 0.372. The Bertz CT molecular complexity index is 639. The summed E-state index contributed by atoms with van der Waals surface area (Å²) in [5.41, 5.74) is 3.94. The number of rotatable bonds is 9. The number of phenolic OH excluding ortho intramolecular Hbond substituents is 1. The van der Waals surface area contributed by atoms with E-state index in [0.717, 1.165) is 32.2 Å². The SMILES string of the molecule is COc1cc(CCC(C)NCCCc2cccc(C)c2)ccc1O. The predicted octanol–water partition coefficient (Wildman–Crippen LogP) is 4.25. The molecule has 1 unspecified atom stereocenters. The molecule has 0 amide bonds. The monoisotopic (exact) mass is 327 g/mol. The third kappa shape index (κ3) is 5.89. The van der Waals surface area contributed by atoms with E-state index in [1.807, 2.05) is 12.1 Å². The number of phenols is 1. The van der Waals surface area contributed by atoms with Crippen LogP contribution in [-0.4, -0.2) is 24.8 Å². The molecule has 0 saturated carbocycles. The molecule has 0 saturated heterocycles. The number of nitrogens with one attached hydrogen (secondary N) is 1. The minimum Gasteiger partial charge on any atom is -0.504 e. The molecule has 24 heavy (non-hydrogen) atoms. The Morgan fingerprint density at radius 2 is 1.88 bits per heavy atom. The molecular weight excluding hydrogens is 298 g/mol. The van der Waals surface area contributed by atoms with Crippen LogP contribution in [0.25, 0.3) is 0 Å². The molecule has 0 aromatic heterocycles. The number of aromatic hydroxyl groups is 1. The molecule has 0 aliphatic rings. The van der Waals surface area contributed by atoms with Crippen molar-refractivity contribution in [2.24, 2.45) is 0 Å². The van der Waals surface area contributed by atoms with Crippen molar-refractivity contribution >= 4 is 0 Å². The first kappa shape index (κ1) is 18.3. The van der Waals surface area contributed by atoms with Crippen molar-refractivity contribution < 1.29 is 9.84 Å². The van der Waals surface area contributed by atoms with Crippen molar-refractivity contribution in [2.75, 3.05) is 13.7 Å². The molecule has 0 bridgehead atoms. The van der Waals surface area contributed by atoms with E-state index in [-0.39, 0.29) is 5.75 Å². The molecule has 0 spiro atoms. The Morgan fingerprint density at radius 3 is 2.62 bits per heavy atom. The Balaban J connectivity index is 1.67. The number of hydrogen-bond acceptors (Lipinski definition) is 3. The Kier molecular flexibility index (Phi) is 7.13. The summed E-state index contributed by atoms with van der Waals surface area (Å²) in [6.45, 7) is 5.40. The maximum atomic E-state index is 9.63. The van der Waals surface area contributed by atoms with Crippen LogP contribution >= 0.6 is 0 Å². The summed E-state index contributed by atoms with van der Waals surface area (Å²) in [6, 6.07) is 14.8. The van der Waals surface area contributed by atoms with Gasteiger partial charge in [-0.05, 0) is 69.3 Å². The molecule has 0 aliphatic heterocycles. The van der Waals surface area contributed by atoms with E-state index in [1.165, 1.54) is 16.7 Å². The van der Waals surface area contributed by atoms with Gasteiger partial charge in [-0.1, -0.05) is 35.9 Å². The van der Waals surface area contributed by atoms with Gasteiger partial charge in [-0.3, -0.25) is 0 Å². The highest BCUT2D eigenvalue weighted by Gasteiger charge is 2.05. The molecule has 3 heteroatoms. The number of hydrogen-bond donors (Lipinski definition) is 2. The summed E-state index contributed by atoms with van der Waals surface area (Å²) in [4.78, 5) is 0. The average molecular weight is 327 g/mol. The normalized spacial score (nSPS) is 12.1. The largest absolute Gasteiger partial charge is 0.504 e. The fraction of sp³-hybridized carbons (Fsp3) is 0.429. The molecule has 2 aromatic rings. The lowest BCUT2D eigenvalue weighted by Crippen LogP contribution is -2.27. The van der Waals surface area contributed by atoms with Gasteiger partial charge >= 0.3 is 0 Å². The topological polar surface area (TPSA) is 41.5 Å². The molecule has 2 rings (SSSR count). The first-order valence-corrected chi connectivity index (χ1v) is 8.73. The lowest BCUT2D eigenvalue weighted by Gasteiger charge is -2.14.